The van der Waals surface area contributed by atoms with Gasteiger partial charge in [0, 0.05) is 23.5 Å². The zero-order chi connectivity index (χ0) is 23.9. The van der Waals surface area contributed by atoms with Crippen molar-refractivity contribution in [1.82, 2.24) is 35.0 Å². The van der Waals surface area contributed by atoms with Gasteiger partial charge in [-0.3, -0.25) is 4.57 Å². The average Bonchev–Trinajstić information content (AvgIpc) is 3.65. The molecule has 0 amide bonds. The summed E-state index contributed by atoms with van der Waals surface area (Å²) in [5, 5.41) is 22.6. The highest BCUT2D eigenvalue weighted by molar-refractivity contribution is 7.99. The Morgan fingerprint density at radius 1 is 0.943 bits per heavy atom. The first kappa shape index (κ1) is 23.6. The van der Waals surface area contributed by atoms with Gasteiger partial charge in [0.2, 0.25) is 5.82 Å². The molecule has 5 rings (SSSR count). The molecule has 0 bridgehead atoms. The van der Waals surface area contributed by atoms with E-state index < -0.39 is 0 Å². The summed E-state index contributed by atoms with van der Waals surface area (Å²) in [5.74, 6) is 2.09. The topological polar surface area (TPSA) is 83.5 Å². The summed E-state index contributed by atoms with van der Waals surface area (Å²) < 4.78 is 21.4. The van der Waals surface area contributed by atoms with Gasteiger partial charge in [-0.2, -0.15) is 4.80 Å². The van der Waals surface area contributed by atoms with Crippen molar-refractivity contribution in [3.05, 3.63) is 60.4 Å². The molecule has 182 valence electrons. The highest BCUT2D eigenvalue weighted by atomic mass is 32.2. The maximum absolute atomic E-state index is 13.4. The van der Waals surface area contributed by atoms with Gasteiger partial charge in [-0.15, -0.1) is 20.4 Å². The van der Waals surface area contributed by atoms with E-state index in [9.17, 15) is 4.39 Å². The molecule has 2 aromatic heterocycles. The van der Waals surface area contributed by atoms with E-state index in [-0.39, 0.29) is 11.9 Å². The minimum absolute atomic E-state index is 0.167. The van der Waals surface area contributed by atoms with Gasteiger partial charge in [-0.1, -0.05) is 48.5 Å². The smallest absolute Gasteiger partial charge is 0.204 e. The molecule has 10 heteroatoms. The van der Waals surface area contributed by atoms with Crippen LogP contribution in [0.25, 0.3) is 22.8 Å². The summed E-state index contributed by atoms with van der Waals surface area (Å²) in [7, 11) is 0. The quantitative estimate of drug-likeness (QED) is 0.217. The zero-order valence-corrected chi connectivity index (χ0v) is 20.3. The number of rotatable bonds is 11. The lowest BCUT2D eigenvalue weighted by atomic mass is 10.2. The molecule has 0 saturated carbocycles. The maximum Gasteiger partial charge on any atom is 0.204 e. The molecule has 1 aliphatic heterocycles. The fraction of sp³-hybridized carbons (Fsp3) is 0.400. The Morgan fingerprint density at radius 2 is 1.80 bits per heavy atom. The molecule has 0 aliphatic carbocycles. The van der Waals surface area contributed by atoms with E-state index in [2.05, 4.69) is 30.2 Å². The third-order valence-corrected chi connectivity index (χ3v) is 7.00. The summed E-state index contributed by atoms with van der Waals surface area (Å²) in [6, 6.07) is 16.3. The van der Waals surface area contributed by atoms with E-state index >= 15 is 0 Å². The molecule has 35 heavy (non-hydrogen) atoms. The molecule has 0 N–H and O–H groups in total. The lowest BCUT2D eigenvalue weighted by Gasteiger charge is -2.14. The van der Waals surface area contributed by atoms with Crippen molar-refractivity contribution in [1.29, 1.82) is 0 Å². The van der Waals surface area contributed by atoms with Crippen LogP contribution in [0.5, 0.6) is 0 Å². The van der Waals surface area contributed by atoms with E-state index in [1.54, 1.807) is 28.7 Å². The summed E-state index contributed by atoms with van der Waals surface area (Å²) in [6.07, 6.45) is 5.36. The fourth-order valence-corrected chi connectivity index (χ4v) is 5.05. The summed E-state index contributed by atoms with van der Waals surface area (Å²) in [5.41, 5.74) is 1.83. The van der Waals surface area contributed by atoms with Crippen LogP contribution in [0.4, 0.5) is 4.39 Å². The molecule has 1 saturated heterocycles. The van der Waals surface area contributed by atoms with E-state index in [1.165, 1.54) is 12.1 Å². The van der Waals surface area contributed by atoms with Gasteiger partial charge < -0.3 is 4.74 Å². The van der Waals surface area contributed by atoms with Crippen molar-refractivity contribution < 1.29 is 9.13 Å². The van der Waals surface area contributed by atoms with Crippen LogP contribution >= 0.6 is 11.8 Å². The lowest BCUT2D eigenvalue weighted by Crippen LogP contribution is -2.16. The largest absolute Gasteiger partial charge is 0.376 e. The first-order chi connectivity index (χ1) is 17.3. The molecular formula is C25H28FN7OS. The number of nitrogens with zero attached hydrogens (tertiary/aromatic N) is 7. The van der Waals surface area contributed by atoms with Gasteiger partial charge in [0.25, 0.3) is 0 Å². The minimum atomic E-state index is -0.258. The van der Waals surface area contributed by atoms with Crippen LogP contribution in [0.3, 0.4) is 0 Å². The van der Waals surface area contributed by atoms with Gasteiger partial charge in [0.15, 0.2) is 11.0 Å². The molecule has 3 heterocycles. The van der Waals surface area contributed by atoms with Crippen LogP contribution in [0.2, 0.25) is 0 Å². The third kappa shape index (κ3) is 6.12. The van der Waals surface area contributed by atoms with Crippen molar-refractivity contribution in [2.75, 3.05) is 12.4 Å². The van der Waals surface area contributed by atoms with Gasteiger partial charge in [-0.25, -0.2) is 4.39 Å². The molecule has 1 fully saturated rings. The van der Waals surface area contributed by atoms with Crippen LogP contribution in [-0.4, -0.2) is 53.4 Å². The number of aromatic nitrogens is 7. The van der Waals surface area contributed by atoms with Crippen LogP contribution in [0, 0.1) is 5.82 Å². The van der Waals surface area contributed by atoms with Crippen molar-refractivity contribution in [3.8, 4) is 22.8 Å². The predicted molar refractivity (Wildman–Crippen MR) is 132 cm³/mol. The number of thioether (sulfide) groups is 1. The summed E-state index contributed by atoms with van der Waals surface area (Å²) in [4.78, 5) is 1.67. The SMILES string of the molecule is Fc1ccc(-c2nnc(SCCCCCn3nnc(-c4ccccc4)n3)n2CC2CCCO2)cc1. The Hall–Kier alpha value is -3.11. The Balaban J connectivity index is 1.13. The highest BCUT2D eigenvalue weighted by Crippen LogP contribution is 2.27. The number of hydrogen-bond donors (Lipinski definition) is 0. The lowest BCUT2D eigenvalue weighted by molar-refractivity contribution is 0.0953. The van der Waals surface area contributed by atoms with Gasteiger partial charge in [-0.05, 0) is 55.2 Å². The average molecular weight is 494 g/mol. The second-order valence-electron chi connectivity index (χ2n) is 8.54. The number of unbranched alkanes of at least 4 members (excludes halogenated alkanes) is 2. The van der Waals surface area contributed by atoms with Crippen LogP contribution in [0.1, 0.15) is 32.1 Å². The molecule has 1 atom stereocenters. The molecule has 4 aromatic rings. The van der Waals surface area contributed by atoms with Crippen molar-refractivity contribution in [2.45, 2.75) is 56.5 Å². The zero-order valence-electron chi connectivity index (χ0n) is 19.5. The van der Waals surface area contributed by atoms with Gasteiger partial charge >= 0.3 is 0 Å². The molecule has 0 spiro atoms. The predicted octanol–water partition coefficient (Wildman–Crippen LogP) is 4.88. The Labute approximate surface area is 207 Å². The first-order valence-corrected chi connectivity index (χ1v) is 13.0. The molecule has 1 unspecified atom stereocenters. The number of halogens is 1. The Kier molecular flexibility index (Phi) is 7.79. The van der Waals surface area contributed by atoms with Crippen molar-refractivity contribution in [2.24, 2.45) is 0 Å². The van der Waals surface area contributed by atoms with Gasteiger partial charge in [0.05, 0.1) is 19.2 Å². The normalized spacial score (nSPS) is 15.6. The standard InChI is InChI=1S/C25H28FN7OS/c26-21-13-11-20(12-14-21)24-28-29-25(32(24)18-22-10-7-16-34-22)35-17-6-2-5-15-33-30-23(27-31-33)19-8-3-1-4-9-19/h1,3-4,8-9,11-14,22H,2,5-7,10,15-18H2. The number of hydrogen-bond acceptors (Lipinski definition) is 7. The van der Waals surface area contributed by atoms with Crippen molar-refractivity contribution in [3.63, 3.8) is 0 Å². The van der Waals surface area contributed by atoms with Crippen molar-refractivity contribution >= 4 is 11.8 Å². The van der Waals surface area contributed by atoms with Gasteiger partial charge in [0.1, 0.15) is 5.82 Å². The van der Waals surface area contributed by atoms with E-state index in [1.807, 2.05) is 30.3 Å². The molecule has 0 radical (unpaired) electrons. The molecule has 1 aliphatic rings. The maximum atomic E-state index is 13.4. The highest BCUT2D eigenvalue weighted by Gasteiger charge is 2.21. The number of benzene rings is 2. The second-order valence-corrected chi connectivity index (χ2v) is 9.60. The van der Waals surface area contributed by atoms with E-state index in [0.717, 1.165) is 73.1 Å². The third-order valence-electron chi connectivity index (χ3n) is 5.95. The number of aryl methyl sites for hydroxylation is 1. The van der Waals surface area contributed by atoms with E-state index in [4.69, 9.17) is 4.74 Å². The number of tetrazole rings is 1. The van der Waals surface area contributed by atoms with Crippen LogP contribution in [0.15, 0.2) is 59.8 Å². The molecular weight excluding hydrogens is 465 g/mol. The van der Waals surface area contributed by atoms with Crippen LogP contribution < -0.4 is 0 Å². The Bertz CT molecular complexity index is 1210. The first-order valence-electron chi connectivity index (χ1n) is 12.0. The van der Waals surface area contributed by atoms with E-state index in [0.29, 0.717) is 12.4 Å². The molecule has 2 aromatic carbocycles. The fourth-order valence-electron chi connectivity index (χ4n) is 4.10. The second kappa shape index (κ2) is 11.5. The monoisotopic (exact) mass is 493 g/mol. The molecule has 8 nitrogen and oxygen atoms in total. The number of ether oxygens (including phenoxy) is 1. The van der Waals surface area contributed by atoms with Crippen LogP contribution in [-0.2, 0) is 17.8 Å². The Morgan fingerprint density at radius 3 is 2.60 bits per heavy atom. The summed E-state index contributed by atoms with van der Waals surface area (Å²) in [6.45, 7) is 2.26. The summed E-state index contributed by atoms with van der Waals surface area (Å²) >= 11 is 1.71. The minimum Gasteiger partial charge on any atom is -0.376 e.